The van der Waals surface area contributed by atoms with Crippen LogP contribution in [-0.2, 0) is 24.3 Å². The molecule has 4 aromatic rings. The van der Waals surface area contributed by atoms with Crippen molar-refractivity contribution in [3.05, 3.63) is 53.3 Å². The van der Waals surface area contributed by atoms with Crippen molar-refractivity contribution in [3.63, 3.8) is 0 Å². The van der Waals surface area contributed by atoms with Gasteiger partial charge in [-0.1, -0.05) is 20.8 Å². The van der Waals surface area contributed by atoms with E-state index in [0.717, 1.165) is 77.8 Å². The molecule has 1 aliphatic carbocycles. The Labute approximate surface area is 246 Å². The van der Waals surface area contributed by atoms with E-state index in [1.54, 1.807) is 12.1 Å². The van der Waals surface area contributed by atoms with Gasteiger partial charge in [-0.3, -0.25) is 9.59 Å². The Morgan fingerprint density at radius 3 is 2.67 bits per heavy atom. The number of halogens is 1. The van der Waals surface area contributed by atoms with E-state index in [0.29, 0.717) is 31.0 Å². The molecular weight excluding hydrogens is 529 g/mol. The maximum atomic E-state index is 14.2. The largest absolute Gasteiger partial charge is 0.352 e. The molecule has 3 aliphatic rings. The van der Waals surface area contributed by atoms with Crippen LogP contribution in [0.2, 0.25) is 0 Å². The number of aromatic nitrogens is 3. The van der Waals surface area contributed by atoms with Crippen molar-refractivity contribution in [2.75, 3.05) is 13.1 Å². The monoisotopic (exact) mass is 569 g/mol. The van der Waals surface area contributed by atoms with E-state index in [9.17, 15) is 14.0 Å². The van der Waals surface area contributed by atoms with E-state index in [-0.39, 0.29) is 29.1 Å². The molecule has 1 atom stereocenters. The van der Waals surface area contributed by atoms with E-state index in [2.05, 4.69) is 47.4 Å². The van der Waals surface area contributed by atoms with Crippen molar-refractivity contribution in [1.82, 2.24) is 24.3 Å². The molecule has 8 heteroatoms. The fourth-order valence-electron chi connectivity index (χ4n) is 6.91. The molecule has 1 saturated heterocycles. The second kappa shape index (κ2) is 10.2. The number of hydrogen-bond acceptors (Lipinski definition) is 3. The van der Waals surface area contributed by atoms with Crippen LogP contribution in [-0.4, -0.2) is 50.0 Å². The van der Waals surface area contributed by atoms with Crippen molar-refractivity contribution < 1.29 is 14.0 Å². The normalized spacial score (nSPS) is 19.0. The van der Waals surface area contributed by atoms with Gasteiger partial charge in [-0.25, -0.2) is 9.37 Å². The minimum absolute atomic E-state index is 0.00270. The summed E-state index contributed by atoms with van der Waals surface area (Å²) in [5.41, 5.74) is 5.75. The molecule has 2 aromatic heterocycles. The number of carbonyl (C=O) groups excluding carboxylic acids is 2. The van der Waals surface area contributed by atoms with Gasteiger partial charge in [0, 0.05) is 55.1 Å². The number of imidazole rings is 1. The van der Waals surface area contributed by atoms with Crippen LogP contribution in [0.5, 0.6) is 0 Å². The first kappa shape index (κ1) is 27.2. The molecule has 1 saturated carbocycles. The summed E-state index contributed by atoms with van der Waals surface area (Å²) in [5, 5.41) is 4.06. The first-order valence-corrected chi connectivity index (χ1v) is 15.5. The third kappa shape index (κ3) is 5.20. The molecule has 0 spiro atoms. The lowest BCUT2D eigenvalue weighted by Crippen LogP contribution is -2.50. The molecule has 2 aliphatic heterocycles. The van der Waals surface area contributed by atoms with Crippen LogP contribution in [0.3, 0.4) is 0 Å². The molecule has 42 heavy (non-hydrogen) atoms. The van der Waals surface area contributed by atoms with E-state index in [1.165, 1.54) is 12.8 Å². The van der Waals surface area contributed by atoms with Crippen LogP contribution in [0.25, 0.3) is 33.5 Å². The van der Waals surface area contributed by atoms with E-state index in [4.69, 9.17) is 4.98 Å². The van der Waals surface area contributed by atoms with Crippen molar-refractivity contribution in [2.24, 2.45) is 11.3 Å². The van der Waals surface area contributed by atoms with Crippen LogP contribution in [0, 0.1) is 17.2 Å². The molecule has 1 unspecified atom stereocenters. The van der Waals surface area contributed by atoms with Crippen LogP contribution in [0.1, 0.15) is 75.2 Å². The van der Waals surface area contributed by atoms with Crippen molar-refractivity contribution in [1.29, 1.82) is 0 Å². The SMILES string of the molecule is CC(C)(C)CC(=O)NC1CCCN(C(=O)c2cc3c4c(c2)nc(-c2cc5cc(F)ccc5n2CC2CC2)n4CCC3)C1. The van der Waals surface area contributed by atoms with Crippen molar-refractivity contribution in [2.45, 2.75) is 84.8 Å². The maximum Gasteiger partial charge on any atom is 0.254 e. The van der Waals surface area contributed by atoms with E-state index in [1.807, 2.05) is 17.0 Å². The van der Waals surface area contributed by atoms with Gasteiger partial charge in [-0.15, -0.1) is 0 Å². The lowest BCUT2D eigenvalue weighted by Gasteiger charge is -2.34. The highest BCUT2D eigenvalue weighted by atomic mass is 19.1. The Morgan fingerprint density at radius 2 is 1.88 bits per heavy atom. The van der Waals surface area contributed by atoms with Gasteiger partial charge in [0.25, 0.3) is 5.91 Å². The zero-order valence-corrected chi connectivity index (χ0v) is 24.9. The minimum atomic E-state index is -0.230. The Balaban J connectivity index is 1.21. The van der Waals surface area contributed by atoms with Crippen LogP contribution in [0.4, 0.5) is 4.39 Å². The average molecular weight is 570 g/mol. The second-order valence-electron chi connectivity index (χ2n) is 13.9. The van der Waals surface area contributed by atoms with Gasteiger partial charge in [0.05, 0.1) is 16.7 Å². The standard InChI is InChI=1S/C34H40FN5O2/c1-34(2,3)18-30(41)36-26-7-5-12-38(20-26)33(42)24-14-22-6-4-13-39-31(22)27(16-24)37-32(39)29-17-23-15-25(35)10-11-28(23)40(29)19-21-8-9-21/h10-11,14-17,21,26H,4-9,12-13,18-20H2,1-3H3,(H,36,41). The number of rotatable bonds is 6. The zero-order valence-electron chi connectivity index (χ0n) is 24.9. The lowest BCUT2D eigenvalue weighted by molar-refractivity contribution is -0.123. The topological polar surface area (TPSA) is 72.2 Å². The molecule has 0 radical (unpaired) electrons. The molecule has 4 heterocycles. The summed E-state index contributed by atoms with van der Waals surface area (Å²) < 4.78 is 18.8. The van der Waals surface area contributed by atoms with Crippen LogP contribution < -0.4 is 5.32 Å². The van der Waals surface area contributed by atoms with Gasteiger partial charge in [0.1, 0.15) is 5.82 Å². The number of hydrogen-bond donors (Lipinski definition) is 1. The summed E-state index contributed by atoms with van der Waals surface area (Å²) in [4.78, 5) is 33.4. The van der Waals surface area contributed by atoms with Crippen molar-refractivity contribution >= 4 is 33.8 Å². The van der Waals surface area contributed by atoms with Gasteiger partial charge < -0.3 is 19.4 Å². The van der Waals surface area contributed by atoms with Crippen molar-refractivity contribution in [3.8, 4) is 11.5 Å². The van der Waals surface area contributed by atoms with Crippen LogP contribution >= 0.6 is 0 Å². The Hall–Kier alpha value is -3.68. The predicted molar refractivity (Wildman–Crippen MR) is 163 cm³/mol. The molecule has 220 valence electrons. The number of piperidine rings is 1. The van der Waals surface area contributed by atoms with Gasteiger partial charge >= 0.3 is 0 Å². The summed E-state index contributed by atoms with van der Waals surface area (Å²) >= 11 is 0. The number of nitrogens with zero attached hydrogens (tertiary/aromatic N) is 4. The van der Waals surface area contributed by atoms with Gasteiger partial charge in [-0.05, 0) is 91.8 Å². The Bertz CT molecular complexity index is 1710. The summed E-state index contributed by atoms with van der Waals surface area (Å²) in [6.07, 6.45) is 6.56. The molecule has 7 nitrogen and oxygen atoms in total. The number of nitrogens with one attached hydrogen (secondary N) is 1. The number of benzene rings is 2. The number of aryl methyl sites for hydroxylation is 2. The number of likely N-dealkylation sites (tertiary alicyclic amines) is 1. The lowest BCUT2D eigenvalue weighted by atomic mass is 9.91. The highest BCUT2D eigenvalue weighted by molar-refractivity contribution is 5.99. The first-order valence-electron chi connectivity index (χ1n) is 15.5. The van der Waals surface area contributed by atoms with Crippen LogP contribution in [0.15, 0.2) is 36.4 Å². The fourth-order valence-corrected chi connectivity index (χ4v) is 6.91. The molecule has 2 fully saturated rings. The fraction of sp³-hybridized carbons (Fsp3) is 0.500. The van der Waals surface area contributed by atoms with Gasteiger partial charge in [0.2, 0.25) is 5.91 Å². The predicted octanol–water partition coefficient (Wildman–Crippen LogP) is 6.31. The molecule has 0 bridgehead atoms. The molecule has 7 rings (SSSR count). The Kier molecular flexibility index (Phi) is 6.63. The summed E-state index contributed by atoms with van der Waals surface area (Å²) in [5.74, 6) is 1.37. The third-order valence-electron chi connectivity index (χ3n) is 8.99. The number of carbonyl (C=O) groups is 2. The smallest absolute Gasteiger partial charge is 0.254 e. The highest BCUT2D eigenvalue weighted by Gasteiger charge is 2.30. The number of amides is 2. The Morgan fingerprint density at radius 1 is 1.05 bits per heavy atom. The molecule has 1 N–H and O–H groups in total. The molecule has 2 aromatic carbocycles. The second-order valence-corrected chi connectivity index (χ2v) is 13.9. The molecular formula is C34H40FN5O2. The first-order chi connectivity index (χ1) is 20.1. The third-order valence-corrected chi connectivity index (χ3v) is 8.99. The van der Waals surface area contributed by atoms with Gasteiger partial charge in [0.15, 0.2) is 5.82 Å². The average Bonchev–Trinajstić information content (AvgIpc) is 3.59. The minimum Gasteiger partial charge on any atom is -0.352 e. The quantitative estimate of drug-likeness (QED) is 0.296. The summed E-state index contributed by atoms with van der Waals surface area (Å²) in [6.45, 7) is 9.18. The summed E-state index contributed by atoms with van der Waals surface area (Å²) in [6, 6.07) is 11.1. The maximum absolute atomic E-state index is 14.2. The molecule has 2 amide bonds. The van der Waals surface area contributed by atoms with Gasteiger partial charge in [-0.2, -0.15) is 0 Å². The number of fused-ring (bicyclic) bond motifs is 1. The zero-order chi connectivity index (χ0) is 29.2. The highest BCUT2D eigenvalue weighted by Crippen LogP contribution is 2.38. The summed E-state index contributed by atoms with van der Waals surface area (Å²) in [7, 11) is 0. The van der Waals surface area contributed by atoms with E-state index >= 15 is 0 Å². The van der Waals surface area contributed by atoms with E-state index < -0.39 is 0 Å².